The number of rotatable bonds is 3. The zero-order valence-corrected chi connectivity index (χ0v) is 10.3. The van der Waals surface area contributed by atoms with Gasteiger partial charge in [0.2, 0.25) is 0 Å². The van der Waals surface area contributed by atoms with Crippen LogP contribution < -0.4 is 16.2 Å². The first-order valence-electron chi connectivity index (χ1n) is 5.16. The second-order valence-corrected chi connectivity index (χ2v) is 4.66. The van der Waals surface area contributed by atoms with Gasteiger partial charge in [0.15, 0.2) is 0 Å². The molecule has 2 aromatic rings. The Labute approximate surface area is 105 Å². The van der Waals surface area contributed by atoms with Crippen molar-refractivity contribution in [2.45, 2.75) is 9.79 Å². The summed E-state index contributed by atoms with van der Waals surface area (Å²) < 4.78 is 5.18. The number of nitrogen functional groups attached to an aromatic ring is 2. The molecule has 0 spiro atoms. The molecule has 2 rings (SSSR count). The van der Waals surface area contributed by atoms with Crippen LogP contribution in [0.3, 0.4) is 0 Å². The molecule has 0 saturated carbocycles. The second-order valence-electron chi connectivity index (χ2n) is 3.54. The third-order valence-corrected chi connectivity index (χ3v) is 3.43. The molecule has 4 N–H and O–H groups in total. The highest BCUT2D eigenvalue weighted by Gasteiger charge is 2.04. The van der Waals surface area contributed by atoms with E-state index in [-0.39, 0.29) is 0 Å². The van der Waals surface area contributed by atoms with Gasteiger partial charge in [0.05, 0.1) is 12.8 Å². The molecule has 0 fully saturated rings. The molecule has 0 bridgehead atoms. The van der Waals surface area contributed by atoms with Crippen LogP contribution in [0.5, 0.6) is 5.75 Å². The van der Waals surface area contributed by atoms with E-state index in [1.807, 2.05) is 42.5 Å². The number of anilines is 2. The fraction of sp³-hybridized carbons (Fsp3) is 0.0769. The quantitative estimate of drug-likeness (QED) is 0.817. The number of hydrogen-bond donors (Lipinski definition) is 2. The summed E-state index contributed by atoms with van der Waals surface area (Å²) in [5.74, 6) is 0.685. The van der Waals surface area contributed by atoms with Crippen LogP contribution in [0.4, 0.5) is 11.4 Å². The average Bonchev–Trinajstić information content (AvgIpc) is 2.34. The number of hydrogen-bond acceptors (Lipinski definition) is 4. The van der Waals surface area contributed by atoms with Crippen molar-refractivity contribution in [3.63, 3.8) is 0 Å². The van der Waals surface area contributed by atoms with E-state index < -0.39 is 0 Å². The van der Waals surface area contributed by atoms with Crippen molar-refractivity contribution in [2.75, 3.05) is 18.6 Å². The fourth-order valence-electron chi connectivity index (χ4n) is 1.46. The molecule has 17 heavy (non-hydrogen) atoms. The monoisotopic (exact) mass is 246 g/mol. The van der Waals surface area contributed by atoms with Crippen LogP contribution in [0.2, 0.25) is 0 Å². The van der Waals surface area contributed by atoms with Crippen LogP contribution in [0.25, 0.3) is 0 Å². The van der Waals surface area contributed by atoms with E-state index >= 15 is 0 Å². The Morgan fingerprint density at radius 3 is 2.47 bits per heavy atom. The number of benzene rings is 2. The molecule has 0 aliphatic carbocycles. The molecule has 0 aliphatic heterocycles. The maximum absolute atomic E-state index is 5.89. The van der Waals surface area contributed by atoms with Crippen LogP contribution in [0.1, 0.15) is 0 Å². The highest BCUT2D eigenvalue weighted by molar-refractivity contribution is 7.99. The van der Waals surface area contributed by atoms with Gasteiger partial charge in [0, 0.05) is 15.5 Å². The number of ether oxygens (including phenoxy) is 1. The third-order valence-electron chi connectivity index (χ3n) is 2.35. The lowest BCUT2D eigenvalue weighted by Gasteiger charge is -2.08. The lowest BCUT2D eigenvalue weighted by atomic mass is 10.3. The normalized spacial score (nSPS) is 10.2. The molecule has 88 valence electrons. The smallest absolute Gasteiger partial charge is 0.142 e. The molecule has 0 aliphatic rings. The molecule has 0 radical (unpaired) electrons. The van der Waals surface area contributed by atoms with Crippen molar-refractivity contribution in [1.29, 1.82) is 0 Å². The van der Waals surface area contributed by atoms with Crippen molar-refractivity contribution in [3.05, 3.63) is 42.5 Å². The molecule has 0 aromatic heterocycles. The molecular formula is C13H14N2OS. The van der Waals surface area contributed by atoms with E-state index in [1.54, 1.807) is 18.9 Å². The first-order chi connectivity index (χ1) is 8.20. The summed E-state index contributed by atoms with van der Waals surface area (Å²) in [6, 6.07) is 13.5. The third kappa shape index (κ3) is 2.65. The van der Waals surface area contributed by atoms with Gasteiger partial charge in [0.25, 0.3) is 0 Å². The lowest BCUT2D eigenvalue weighted by molar-refractivity contribution is 0.416. The van der Waals surface area contributed by atoms with Crippen LogP contribution >= 0.6 is 11.8 Å². The molecule has 2 aromatic carbocycles. The zero-order valence-electron chi connectivity index (χ0n) is 9.51. The number of nitrogens with two attached hydrogens (primary N) is 2. The number of para-hydroxylation sites is 1. The summed E-state index contributed by atoms with van der Waals surface area (Å²) in [5.41, 5.74) is 13.1. The van der Waals surface area contributed by atoms with Crippen LogP contribution in [-0.2, 0) is 0 Å². The van der Waals surface area contributed by atoms with E-state index in [0.717, 1.165) is 15.5 Å². The summed E-state index contributed by atoms with van der Waals surface area (Å²) >= 11 is 1.59. The van der Waals surface area contributed by atoms with Gasteiger partial charge in [-0.15, -0.1) is 0 Å². The van der Waals surface area contributed by atoms with Gasteiger partial charge in [-0.05, 0) is 30.3 Å². The highest BCUT2D eigenvalue weighted by atomic mass is 32.2. The Balaban J connectivity index is 2.28. The van der Waals surface area contributed by atoms with E-state index in [2.05, 4.69) is 0 Å². The minimum absolute atomic E-state index is 0.637. The topological polar surface area (TPSA) is 61.3 Å². The van der Waals surface area contributed by atoms with Gasteiger partial charge in [-0.25, -0.2) is 0 Å². The minimum Gasteiger partial charge on any atom is -0.495 e. The van der Waals surface area contributed by atoms with Crippen molar-refractivity contribution in [3.8, 4) is 5.75 Å². The molecule has 0 unspecified atom stereocenters. The van der Waals surface area contributed by atoms with Crippen molar-refractivity contribution < 1.29 is 4.74 Å². The Bertz CT molecular complexity index is 529. The van der Waals surface area contributed by atoms with Crippen molar-refractivity contribution >= 4 is 23.1 Å². The van der Waals surface area contributed by atoms with Crippen LogP contribution in [0, 0.1) is 0 Å². The fourth-order valence-corrected chi connectivity index (χ4v) is 2.34. The summed E-state index contributed by atoms with van der Waals surface area (Å²) in [4.78, 5) is 2.08. The maximum atomic E-state index is 5.89. The maximum Gasteiger partial charge on any atom is 0.142 e. The van der Waals surface area contributed by atoms with Gasteiger partial charge < -0.3 is 16.2 Å². The summed E-state index contributed by atoms with van der Waals surface area (Å²) in [7, 11) is 1.61. The SMILES string of the molecule is COc1cc(Sc2ccccc2N)ccc1N. The molecule has 0 atom stereocenters. The summed E-state index contributed by atoms with van der Waals surface area (Å²) in [5, 5.41) is 0. The Hall–Kier alpha value is -1.81. The van der Waals surface area contributed by atoms with E-state index in [9.17, 15) is 0 Å². The number of methoxy groups -OCH3 is 1. The second kappa shape index (κ2) is 5.01. The Morgan fingerprint density at radius 2 is 1.76 bits per heavy atom. The van der Waals surface area contributed by atoms with Gasteiger partial charge in [-0.1, -0.05) is 23.9 Å². The largest absolute Gasteiger partial charge is 0.495 e. The Morgan fingerprint density at radius 1 is 1.00 bits per heavy atom. The van der Waals surface area contributed by atoms with E-state index in [1.165, 1.54) is 0 Å². The zero-order chi connectivity index (χ0) is 12.3. The minimum atomic E-state index is 0.637. The summed E-state index contributed by atoms with van der Waals surface area (Å²) in [6.45, 7) is 0. The van der Waals surface area contributed by atoms with Crippen molar-refractivity contribution in [1.82, 2.24) is 0 Å². The van der Waals surface area contributed by atoms with E-state index in [4.69, 9.17) is 16.2 Å². The first kappa shape index (κ1) is 11.7. The summed E-state index contributed by atoms with van der Waals surface area (Å²) in [6.07, 6.45) is 0. The Kier molecular flexibility index (Phi) is 3.44. The van der Waals surface area contributed by atoms with Gasteiger partial charge in [-0.3, -0.25) is 0 Å². The van der Waals surface area contributed by atoms with Crippen LogP contribution in [0.15, 0.2) is 52.3 Å². The first-order valence-corrected chi connectivity index (χ1v) is 5.98. The van der Waals surface area contributed by atoms with E-state index in [0.29, 0.717) is 11.4 Å². The highest BCUT2D eigenvalue weighted by Crippen LogP contribution is 2.35. The molecule has 0 saturated heterocycles. The average molecular weight is 246 g/mol. The molecule has 3 nitrogen and oxygen atoms in total. The van der Waals surface area contributed by atoms with Gasteiger partial charge in [-0.2, -0.15) is 0 Å². The molecular weight excluding hydrogens is 232 g/mol. The lowest BCUT2D eigenvalue weighted by Crippen LogP contribution is -1.92. The predicted octanol–water partition coefficient (Wildman–Crippen LogP) is 3.01. The predicted molar refractivity (Wildman–Crippen MR) is 72.4 cm³/mol. The van der Waals surface area contributed by atoms with Gasteiger partial charge >= 0.3 is 0 Å². The molecule has 0 amide bonds. The van der Waals surface area contributed by atoms with Gasteiger partial charge in [0.1, 0.15) is 5.75 Å². The van der Waals surface area contributed by atoms with Crippen molar-refractivity contribution in [2.24, 2.45) is 0 Å². The standard InChI is InChI=1S/C13H14N2OS/c1-16-12-8-9(6-7-10(12)14)17-13-5-3-2-4-11(13)15/h2-8H,14-15H2,1H3. The molecule has 4 heteroatoms. The molecule has 0 heterocycles. The van der Waals surface area contributed by atoms with Crippen LogP contribution in [-0.4, -0.2) is 7.11 Å².